The number of aromatic nitrogens is 2. The summed E-state index contributed by atoms with van der Waals surface area (Å²) in [4.78, 5) is 0. The van der Waals surface area contributed by atoms with Gasteiger partial charge in [0.1, 0.15) is 5.69 Å². The molecule has 2 aromatic heterocycles. The van der Waals surface area contributed by atoms with Crippen LogP contribution in [0.3, 0.4) is 0 Å². The second kappa shape index (κ2) is 3.50. The SMILES string of the molecule is CCn1nc(-c2ccoc2)c(Cl)c1C. The van der Waals surface area contributed by atoms with E-state index in [9.17, 15) is 0 Å². The van der Waals surface area contributed by atoms with Crippen LogP contribution in [0.1, 0.15) is 12.6 Å². The molecule has 0 unspecified atom stereocenters. The minimum Gasteiger partial charge on any atom is -0.472 e. The first-order valence-electron chi connectivity index (χ1n) is 4.49. The maximum atomic E-state index is 6.16. The molecule has 0 saturated carbocycles. The highest BCUT2D eigenvalue weighted by Gasteiger charge is 2.13. The van der Waals surface area contributed by atoms with Crippen molar-refractivity contribution in [2.24, 2.45) is 0 Å². The topological polar surface area (TPSA) is 31.0 Å². The van der Waals surface area contributed by atoms with Crippen molar-refractivity contribution < 1.29 is 4.42 Å². The molecule has 0 fully saturated rings. The van der Waals surface area contributed by atoms with Gasteiger partial charge in [0.25, 0.3) is 0 Å². The van der Waals surface area contributed by atoms with E-state index >= 15 is 0 Å². The molecule has 2 heterocycles. The van der Waals surface area contributed by atoms with Gasteiger partial charge in [-0.25, -0.2) is 0 Å². The van der Waals surface area contributed by atoms with E-state index in [0.29, 0.717) is 5.02 Å². The molecule has 0 saturated heterocycles. The van der Waals surface area contributed by atoms with Gasteiger partial charge in [0, 0.05) is 12.1 Å². The Morgan fingerprint density at radius 1 is 1.57 bits per heavy atom. The smallest absolute Gasteiger partial charge is 0.114 e. The lowest BCUT2D eigenvalue weighted by Gasteiger charge is -1.96. The fraction of sp³-hybridized carbons (Fsp3) is 0.300. The summed E-state index contributed by atoms with van der Waals surface area (Å²) in [6, 6.07) is 1.85. The van der Waals surface area contributed by atoms with Gasteiger partial charge in [-0.3, -0.25) is 4.68 Å². The monoisotopic (exact) mass is 210 g/mol. The van der Waals surface area contributed by atoms with E-state index in [0.717, 1.165) is 23.5 Å². The first-order chi connectivity index (χ1) is 6.74. The molecule has 0 radical (unpaired) electrons. The molecule has 0 spiro atoms. The summed E-state index contributed by atoms with van der Waals surface area (Å²) >= 11 is 6.16. The maximum Gasteiger partial charge on any atom is 0.114 e. The molecular formula is C10H11ClN2O. The molecule has 14 heavy (non-hydrogen) atoms. The van der Waals surface area contributed by atoms with Crippen molar-refractivity contribution in [2.75, 3.05) is 0 Å². The van der Waals surface area contributed by atoms with Gasteiger partial charge in [0.15, 0.2) is 0 Å². The summed E-state index contributed by atoms with van der Waals surface area (Å²) in [6.45, 7) is 4.82. The molecule has 2 aromatic rings. The van der Waals surface area contributed by atoms with Crippen LogP contribution < -0.4 is 0 Å². The van der Waals surface area contributed by atoms with Crippen LogP contribution in [0.4, 0.5) is 0 Å². The highest BCUT2D eigenvalue weighted by Crippen LogP contribution is 2.29. The minimum atomic E-state index is 0.702. The van der Waals surface area contributed by atoms with Gasteiger partial charge in [-0.15, -0.1) is 0 Å². The van der Waals surface area contributed by atoms with Crippen molar-refractivity contribution in [1.82, 2.24) is 9.78 Å². The van der Waals surface area contributed by atoms with E-state index in [1.165, 1.54) is 0 Å². The van der Waals surface area contributed by atoms with E-state index in [2.05, 4.69) is 5.10 Å². The van der Waals surface area contributed by atoms with Crippen molar-refractivity contribution in [3.8, 4) is 11.3 Å². The molecule has 0 bridgehead atoms. The van der Waals surface area contributed by atoms with Crippen molar-refractivity contribution in [1.29, 1.82) is 0 Å². The lowest BCUT2D eigenvalue weighted by atomic mass is 10.2. The molecule has 0 atom stereocenters. The maximum absolute atomic E-state index is 6.16. The Morgan fingerprint density at radius 3 is 2.86 bits per heavy atom. The summed E-state index contributed by atoms with van der Waals surface area (Å²) in [5.41, 5.74) is 2.70. The van der Waals surface area contributed by atoms with Gasteiger partial charge < -0.3 is 4.42 Å². The molecule has 3 nitrogen and oxygen atoms in total. The molecule has 2 rings (SSSR count). The van der Waals surface area contributed by atoms with Gasteiger partial charge in [0.05, 0.1) is 23.2 Å². The predicted octanol–water partition coefficient (Wildman–Crippen LogP) is 3.12. The van der Waals surface area contributed by atoms with Gasteiger partial charge in [-0.2, -0.15) is 5.10 Å². The third-order valence-electron chi connectivity index (χ3n) is 2.23. The second-order valence-corrected chi connectivity index (χ2v) is 3.45. The fourth-order valence-electron chi connectivity index (χ4n) is 1.42. The van der Waals surface area contributed by atoms with Crippen molar-refractivity contribution >= 4 is 11.6 Å². The summed E-state index contributed by atoms with van der Waals surface area (Å²) < 4.78 is 6.88. The molecular weight excluding hydrogens is 200 g/mol. The molecule has 0 N–H and O–H groups in total. The molecule has 74 valence electrons. The van der Waals surface area contributed by atoms with Crippen LogP contribution in [0.15, 0.2) is 23.0 Å². The zero-order valence-corrected chi connectivity index (χ0v) is 8.88. The Kier molecular flexibility index (Phi) is 2.33. The quantitative estimate of drug-likeness (QED) is 0.763. The molecule has 0 aliphatic carbocycles. The van der Waals surface area contributed by atoms with Crippen LogP contribution in [0.25, 0.3) is 11.3 Å². The van der Waals surface area contributed by atoms with Crippen molar-refractivity contribution in [2.45, 2.75) is 20.4 Å². The molecule has 0 amide bonds. The summed E-state index contributed by atoms with van der Waals surface area (Å²) in [5, 5.41) is 5.10. The van der Waals surface area contributed by atoms with Gasteiger partial charge in [-0.05, 0) is 19.9 Å². The highest BCUT2D eigenvalue weighted by atomic mass is 35.5. The van der Waals surface area contributed by atoms with Gasteiger partial charge >= 0.3 is 0 Å². The Labute approximate surface area is 87.3 Å². The lowest BCUT2D eigenvalue weighted by molar-refractivity contribution is 0.567. The minimum absolute atomic E-state index is 0.702. The zero-order valence-electron chi connectivity index (χ0n) is 8.12. The van der Waals surface area contributed by atoms with E-state index in [4.69, 9.17) is 16.0 Å². The number of furan rings is 1. The number of hydrogen-bond donors (Lipinski definition) is 0. The summed E-state index contributed by atoms with van der Waals surface area (Å²) in [6.07, 6.45) is 3.26. The molecule has 0 aliphatic heterocycles. The largest absolute Gasteiger partial charge is 0.472 e. The van der Waals surface area contributed by atoms with Crippen LogP contribution in [0, 0.1) is 6.92 Å². The number of hydrogen-bond acceptors (Lipinski definition) is 2. The number of aryl methyl sites for hydroxylation is 1. The highest BCUT2D eigenvalue weighted by molar-refractivity contribution is 6.33. The van der Waals surface area contributed by atoms with E-state index in [-0.39, 0.29) is 0 Å². The summed E-state index contributed by atoms with van der Waals surface area (Å²) in [5.74, 6) is 0. The molecule has 4 heteroatoms. The van der Waals surface area contributed by atoms with E-state index in [1.807, 2.05) is 24.6 Å². The van der Waals surface area contributed by atoms with Gasteiger partial charge in [-0.1, -0.05) is 11.6 Å². The normalized spacial score (nSPS) is 10.8. The zero-order chi connectivity index (χ0) is 10.1. The molecule has 0 aromatic carbocycles. The van der Waals surface area contributed by atoms with E-state index < -0.39 is 0 Å². The van der Waals surface area contributed by atoms with Crippen LogP contribution >= 0.6 is 11.6 Å². The number of halogens is 1. The van der Waals surface area contributed by atoms with Crippen LogP contribution in [0.5, 0.6) is 0 Å². The third kappa shape index (κ3) is 1.34. The van der Waals surface area contributed by atoms with Gasteiger partial charge in [0.2, 0.25) is 0 Å². The van der Waals surface area contributed by atoms with Crippen LogP contribution in [-0.4, -0.2) is 9.78 Å². The third-order valence-corrected chi connectivity index (χ3v) is 2.68. The second-order valence-electron chi connectivity index (χ2n) is 3.08. The average Bonchev–Trinajstić information content (AvgIpc) is 2.78. The van der Waals surface area contributed by atoms with E-state index in [1.54, 1.807) is 12.5 Å². The Bertz CT molecular complexity index is 431. The summed E-state index contributed by atoms with van der Waals surface area (Å²) in [7, 11) is 0. The Balaban J connectivity index is 2.55. The first-order valence-corrected chi connectivity index (χ1v) is 4.87. The average molecular weight is 211 g/mol. The Morgan fingerprint density at radius 2 is 2.36 bits per heavy atom. The lowest BCUT2D eigenvalue weighted by Crippen LogP contribution is -1.98. The van der Waals surface area contributed by atoms with Crippen molar-refractivity contribution in [3.05, 3.63) is 29.3 Å². The van der Waals surface area contributed by atoms with Crippen molar-refractivity contribution in [3.63, 3.8) is 0 Å². The number of rotatable bonds is 2. The standard InChI is InChI=1S/C10H11ClN2O/c1-3-13-7(2)9(11)10(12-13)8-4-5-14-6-8/h4-6H,3H2,1-2H3. The van der Waals surface area contributed by atoms with Crippen LogP contribution in [-0.2, 0) is 6.54 Å². The Hall–Kier alpha value is -1.22. The number of nitrogens with zero attached hydrogens (tertiary/aromatic N) is 2. The molecule has 0 aliphatic rings. The van der Waals surface area contributed by atoms with Crippen LogP contribution in [0.2, 0.25) is 5.02 Å². The fourth-order valence-corrected chi connectivity index (χ4v) is 1.66. The first kappa shape index (κ1) is 9.34. The predicted molar refractivity (Wildman–Crippen MR) is 55.4 cm³/mol.